The van der Waals surface area contributed by atoms with E-state index in [4.69, 9.17) is 0 Å². The zero-order chi connectivity index (χ0) is 20.0. The number of likely N-dealkylation sites (tertiary alicyclic amines) is 1. The number of carbonyl (C=O) groups is 2. The van der Waals surface area contributed by atoms with Crippen molar-refractivity contribution in [2.24, 2.45) is 0 Å². The molecule has 3 amide bonds. The summed E-state index contributed by atoms with van der Waals surface area (Å²) < 4.78 is 41.4. The molecule has 9 heteroatoms. The van der Waals surface area contributed by atoms with Crippen LogP contribution in [-0.4, -0.2) is 61.5 Å². The average molecular weight is 395 g/mol. The summed E-state index contributed by atoms with van der Waals surface area (Å²) in [6.07, 6.45) is 2.35. The number of amides is 3. The van der Waals surface area contributed by atoms with Crippen molar-refractivity contribution in [3.8, 4) is 0 Å². The lowest BCUT2D eigenvalue weighted by molar-refractivity contribution is -0.886. The second-order valence-corrected chi connectivity index (χ2v) is 7.52. The molecule has 3 heterocycles. The molecule has 6 nitrogen and oxygen atoms in total. The van der Waals surface area contributed by atoms with Crippen molar-refractivity contribution >= 4 is 11.9 Å². The first-order chi connectivity index (χ1) is 13.4. The molecule has 0 aromatic heterocycles. The largest absolute Gasteiger partial charge is 0.333 e. The monoisotopic (exact) mass is 395 g/mol. The highest BCUT2D eigenvalue weighted by Crippen LogP contribution is 2.36. The second-order valence-electron chi connectivity index (χ2n) is 7.52. The summed E-state index contributed by atoms with van der Waals surface area (Å²) in [5, 5.41) is 2.54. The Balaban J connectivity index is 1.63. The number of likely N-dealkylation sites (N-methyl/N-ethyl adjacent to an activating group) is 1. The quantitative estimate of drug-likeness (QED) is 0.733. The molecule has 1 saturated heterocycles. The molecule has 28 heavy (non-hydrogen) atoms. The highest BCUT2D eigenvalue weighted by atomic mass is 19.2. The van der Waals surface area contributed by atoms with Gasteiger partial charge in [0.25, 0.3) is 5.91 Å². The molecule has 0 aliphatic carbocycles. The molecule has 1 aromatic carbocycles. The number of halogens is 3. The van der Waals surface area contributed by atoms with Crippen molar-refractivity contribution in [3.05, 3.63) is 46.4 Å². The molecule has 3 aliphatic rings. The number of benzene rings is 1. The SMILES string of the molecule is CN1C(=O)N[C@@H](c2cc(F)c(F)cc2F)C2=C1CN(CC[NH+]1CCCC1)C2=O. The summed E-state index contributed by atoms with van der Waals surface area (Å²) in [5.41, 5.74) is 0.427. The molecular formula is C19H22F3N4O2+. The fourth-order valence-corrected chi connectivity index (χ4v) is 4.21. The van der Waals surface area contributed by atoms with Gasteiger partial charge in [0, 0.05) is 31.5 Å². The summed E-state index contributed by atoms with van der Waals surface area (Å²) in [6, 6.07) is -0.530. The molecule has 4 rings (SSSR count). The fourth-order valence-electron chi connectivity index (χ4n) is 4.21. The Morgan fingerprint density at radius 3 is 2.50 bits per heavy atom. The van der Waals surface area contributed by atoms with Crippen molar-refractivity contribution in [2.45, 2.75) is 18.9 Å². The second kappa shape index (κ2) is 7.12. The molecule has 150 valence electrons. The van der Waals surface area contributed by atoms with E-state index in [-0.39, 0.29) is 23.6 Å². The molecule has 3 aliphatic heterocycles. The first kappa shape index (κ1) is 18.8. The minimum Gasteiger partial charge on any atom is -0.333 e. The van der Waals surface area contributed by atoms with Crippen molar-refractivity contribution in [2.75, 3.05) is 39.8 Å². The third-order valence-electron chi connectivity index (χ3n) is 5.83. The van der Waals surface area contributed by atoms with Crippen molar-refractivity contribution in [3.63, 3.8) is 0 Å². The average Bonchev–Trinajstić information content (AvgIpc) is 3.28. The number of quaternary nitrogens is 1. The molecule has 2 N–H and O–H groups in total. The minimum atomic E-state index is -1.32. The maximum atomic E-state index is 14.4. The van der Waals surface area contributed by atoms with Crippen molar-refractivity contribution in [1.82, 2.24) is 15.1 Å². The lowest BCUT2D eigenvalue weighted by atomic mass is 9.95. The van der Waals surface area contributed by atoms with Crippen LogP contribution in [0, 0.1) is 17.5 Å². The lowest BCUT2D eigenvalue weighted by Gasteiger charge is -2.31. The van der Waals surface area contributed by atoms with Gasteiger partial charge >= 0.3 is 6.03 Å². The lowest BCUT2D eigenvalue weighted by Crippen LogP contribution is -3.10. The maximum Gasteiger partial charge on any atom is 0.322 e. The Labute approximate surface area is 160 Å². The molecule has 0 radical (unpaired) electrons. The van der Waals surface area contributed by atoms with E-state index in [0.29, 0.717) is 24.4 Å². The van der Waals surface area contributed by atoms with Gasteiger partial charge in [-0.25, -0.2) is 18.0 Å². The van der Waals surface area contributed by atoms with E-state index >= 15 is 0 Å². The summed E-state index contributed by atoms with van der Waals surface area (Å²) in [6.45, 7) is 3.74. The van der Waals surface area contributed by atoms with Gasteiger partial charge in [-0.2, -0.15) is 0 Å². The van der Waals surface area contributed by atoms with Crippen LogP contribution < -0.4 is 10.2 Å². The Morgan fingerprint density at radius 1 is 1.11 bits per heavy atom. The summed E-state index contributed by atoms with van der Waals surface area (Å²) in [5.74, 6) is -3.86. The Hall–Kier alpha value is -2.55. The van der Waals surface area contributed by atoms with Crippen LogP contribution in [-0.2, 0) is 4.79 Å². The van der Waals surface area contributed by atoms with E-state index in [2.05, 4.69) is 5.32 Å². The zero-order valence-electron chi connectivity index (χ0n) is 15.5. The zero-order valence-corrected chi connectivity index (χ0v) is 15.5. The van der Waals surface area contributed by atoms with Gasteiger partial charge in [0.05, 0.1) is 50.0 Å². The van der Waals surface area contributed by atoms with Crippen molar-refractivity contribution < 1.29 is 27.7 Å². The van der Waals surface area contributed by atoms with Crippen LogP contribution in [0.4, 0.5) is 18.0 Å². The molecular weight excluding hydrogens is 373 g/mol. The first-order valence-electron chi connectivity index (χ1n) is 9.41. The Morgan fingerprint density at radius 2 is 1.79 bits per heavy atom. The topological polar surface area (TPSA) is 57.1 Å². The van der Waals surface area contributed by atoms with Gasteiger partial charge in [-0.1, -0.05) is 0 Å². The Bertz CT molecular complexity index is 867. The number of rotatable bonds is 4. The van der Waals surface area contributed by atoms with E-state index in [1.54, 1.807) is 4.90 Å². The van der Waals surface area contributed by atoms with Crippen LogP contribution in [0.2, 0.25) is 0 Å². The smallest absolute Gasteiger partial charge is 0.322 e. The molecule has 0 saturated carbocycles. The van der Waals surface area contributed by atoms with E-state index < -0.39 is 29.5 Å². The van der Waals surface area contributed by atoms with E-state index in [1.165, 1.54) is 29.7 Å². The van der Waals surface area contributed by atoms with Gasteiger partial charge in [0.2, 0.25) is 0 Å². The number of carbonyl (C=O) groups excluding carboxylic acids is 2. The van der Waals surface area contributed by atoms with Gasteiger partial charge in [-0.05, 0) is 6.07 Å². The first-order valence-corrected chi connectivity index (χ1v) is 9.41. The predicted molar refractivity (Wildman–Crippen MR) is 93.8 cm³/mol. The molecule has 1 aromatic rings. The predicted octanol–water partition coefficient (Wildman–Crippen LogP) is 0.575. The van der Waals surface area contributed by atoms with Gasteiger partial charge in [-0.3, -0.25) is 9.69 Å². The normalized spacial score (nSPS) is 22.9. The fraction of sp³-hybridized carbons (Fsp3) is 0.474. The minimum absolute atomic E-state index is 0.212. The van der Waals surface area contributed by atoms with Crippen LogP contribution in [0.15, 0.2) is 23.4 Å². The molecule has 0 bridgehead atoms. The summed E-state index contributed by atoms with van der Waals surface area (Å²) in [7, 11) is 1.53. The summed E-state index contributed by atoms with van der Waals surface area (Å²) >= 11 is 0. The maximum absolute atomic E-state index is 14.4. The molecule has 1 fully saturated rings. The van der Waals surface area contributed by atoms with Gasteiger partial charge in [-0.15, -0.1) is 0 Å². The summed E-state index contributed by atoms with van der Waals surface area (Å²) in [4.78, 5) is 29.7. The molecule has 0 spiro atoms. The van der Waals surface area contributed by atoms with Crippen LogP contribution in [0.25, 0.3) is 0 Å². The third kappa shape index (κ3) is 3.13. The Kier molecular flexibility index (Phi) is 4.78. The number of hydrogen-bond donors (Lipinski definition) is 2. The standard InChI is InChI=1S/C19H21F3N4O2/c1-24-15-10-26(7-6-25-4-2-3-5-25)18(27)16(15)17(23-19(24)28)11-8-13(21)14(22)9-12(11)20/h8-9,17H,2-7,10H2,1H3,(H,23,28)/p+1/t17-/m0/s1. The van der Waals surface area contributed by atoms with Crippen LogP contribution in [0.5, 0.6) is 0 Å². The highest BCUT2D eigenvalue weighted by Gasteiger charge is 2.44. The van der Waals surface area contributed by atoms with Gasteiger partial charge in [0.15, 0.2) is 11.6 Å². The van der Waals surface area contributed by atoms with E-state index in [1.807, 2.05) is 0 Å². The van der Waals surface area contributed by atoms with Crippen LogP contribution in [0.1, 0.15) is 24.4 Å². The number of nitrogens with one attached hydrogen (secondary N) is 2. The molecule has 0 unspecified atom stereocenters. The van der Waals surface area contributed by atoms with Crippen molar-refractivity contribution in [1.29, 1.82) is 0 Å². The number of urea groups is 1. The molecule has 1 atom stereocenters. The van der Waals surface area contributed by atoms with E-state index in [0.717, 1.165) is 19.6 Å². The number of hydrogen-bond acceptors (Lipinski definition) is 2. The van der Waals surface area contributed by atoms with Crippen LogP contribution >= 0.6 is 0 Å². The highest BCUT2D eigenvalue weighted by molar-refractivity contribution is 6.01. The van der Waals surface area contributed by atoms with Crippen LogP contribution in [0.3, 0.4) is 0 Å². The third-order valence-corrected chi connectivity index (χ3v) is 5.83. The van der Waals surface area contributed by atoms with Gasteiger partial charge in [0.1, 0.15) is 5.82 Å². The van der Waals surface area contributed by atoms with Gasteiger partial charge < -0.3 is 15.1 Å². The number of nitrogens with zero attached hydrogens (tertiary/aromatic N) is 2. The van der Waals surface area contributed by atoms with E-state index in [9.17, 15) is 22.8 Å².